The number of hydrogen-bond acceptors (Lipinski definition) is 10. The first-order valence-corrected chi connectivity index (χ1v) is 21.5. The third-order valence-corrected chi connectivity index (χ3v) is 16.3. The lowest BCUT2D eigenvalue weighted by Gasteiger charge is -2.65. The molecule has 2 saturated heterocycles. The van der Waals surface area contributed by atoms with Crippen LogP contribution in [0.4, 0.5) is 0 Å². The Hall–Kier alpha value is -1.02. The third kappa shape index (κ3) is 7.35. The second-order valence-corrected chi connectivity index (χ2v) is 19.4. The van der Waals surface area contributed by atoms with Gasteiger partial charge >= 0.3 is 0 Å². The number of aliphatic imine (C=N–C) groups is 1. The van der Waals surface area contributed by atoms with Crippen molar-refractivity contribution in [2.24, 2.45) is 63.0 Å². The fourth-order valence-electron chi connectivity index (χ4n) is 13.0. The van der Waals surface area contributed by atoms with E-state index in [1.807, 2.05) is 6.92 Å². The molecule has 6 aliphatic rings. The van der Waals surface area contributed by atoms with Crippen LogP contribution in [0.3, 0.4) is 0 Å². The van der Waals surface area contributed by atoms with Crippen molar-refractivity contribution in [2.45, 2.75) is 179 Å². The van der Waals surface area contributed by atoms with Gasteiger partial charge in [-0.15, -0.1) is 0 Å². The van der Waals surface area contributed by atoms with Gasteiger partial charge in [0.15, 0.2) is 5.78 Å². The zero-order chi connectivity index (χ0) is 38.5. The summed E-state index contributed by atoms with van der Waals surface area (Å²) in [5, 5.41) is 72.8. The van der Waals surface area contributed by atoms with Gasteiger partial charge < -0.3 is 40.7 Å². The van der Waals surface area contributed by atoms with Gasteiger partial charge in [-0.1, -0.05) is 46.5 Å². The van der Waals surface area contributed by atoms with Crippen molar-refractivity contribution in [1.82, 2.24) is 0 Å². The Morgan fingerprint density at radius 2 is 1.83 bits per heavy atom. The maximum Gasteiger partial charge on any atom is 0.180 e. The first-order valence-electron chi connectivity index (χ1n) is 21.5. The molecular weight excluding hydrogens is 674 g/mol. The molecule has 0 spiro atoms. The first kappa shape index (κ1) is 41.6. The lowest BCUT2D eigenvalue weighted by molar-refractivity contribution is -0.703. The molecule has 17 atom stereocenters. The van der Waals surface area contributed by atoms with Crippen molar-refractivity contribution in [3.63, 3.8) is 0 Å². The largest absolute Gasteiger partial charge is 0.391 e. The van der Waals surface area contributed by atoms with E-state index in [9.17, 15) is 35.4 Å². The van der Waals surface area contributed by atoms with Gasteiger partial charge in [-0.2, -0.15) is 0 Å². The van der Waals surface area contributed by atoms with Crippen LogP contribution in [-0.4, -0.2) is 110 Å². The van der Waals surface area contributed by atoms with E-state index in [2.05, 4.69) is 19.2 Å². The van der Waals surface area contributed by atoms with E-state index in [1.165, 1.54) is 19.3 Å². The SMILES string of the molecule is CCCCCC[C@H]1CO[C@@H]([C@@H](O)[C@](C)(O)[C@@H]2CC[C@]3(O)[C@@H]4C(=NC[C@H](C)O)C(=O)[C@H]5C[C@@H](O)[C@@H](O)C[C@]5(CCC5CCC(N)[NH2+]C5)[C@@H]4CC[C@]23C)[C@H]1C. The number of carbonyl (C=O) groups excluding carboxylic acids is 1. The van der Waals surface area contributed by atoms with Crippen LogP contribution < -0.4 is 11.1 Å². The molecule has 0 radical (unpaired) electrons. The molecule has 4 saturated carbocycles. The Labute approximate surface area is 317 Å². The van der Waals surface area contributed by atoms with E-state index in [-0.39, 0.29) is 43.2 Å². The van der Waals surface area contributed by atoms with Crippen LogP contribution in [0.1, 0.15) is 131 Å². The number of carbonyl (C=O) groups is 1. The molecule has 0 bridgehead atoms. The summed E-state index contributed by atoms with van der Waals surface area (Å²) in [7, 11) is 0. The zero-order valence-corrected chi connectivity index (χ0v) is 33.3. The molecule has 4 aliphatic carbocycles. The molecule has 2 unspecified atom stereocenters. The molecule has 2 aliphatic heterocycles. The van der Waals surface area contributed by atoms with E-state index in [1.54, 1.807) is 13.8 Å². The number of rotatable bonds is 13. The topological polar surface area (TPSA) is 203 Å². The summed E-state index contributed by atoms with van der Waals surface area (Å²) < 4.78 is 6.27. The second-order valence-electron chi connectivity index (χ2n) is 19.4. The fourth-order valence-corrected chi connectivity index (χ4v) is 13.0. The second kappa shape index (κ2) is 16.1. The van der Waals surface area contributed by atoms with E-state index < -0.39 is 70.3 Å². The quantitative estimate of drug-likeness (QED) is 0.130. The van der Waals surface area contributed by atoms with Crippen molar-refractivity contribution in [1.29, 1.82) is 0 Å². The van der Waals surface area contributed by atoms with Gasteiger partial charge in [-0.05, 0) is 107 Å². The van der Waals surface area contributed by atoms with E-state index in [0.29, 0.717) is 56.3 Å². The summed E-state index contributed by atoms with van der Waals surface area (Å²) in [6.07, 6.45) is 7.41. The van der Waals surface area contributed by atoms with Gasteiger partial charge in [0.05, 0.1) is 61.0 Å². The zero-order valence-electron chi connectivity index (χ0n) is 33.3. The number of quaternary nitrogens is 1. The molecule has 2 heterocycles. The minimum atomic E-state index is -1.57. The monoisotopic (exact) mass is 749 g/mol. The van der Waals surface area contributed by atoms with Crippen LogP contribution in [0.5, 0.6) is 0 Å². The van der Waals surface area contributed by atoms with Gasteiger partial charge in [-0.25, -0.2) is 0 Å². The molecule has 0 aromatic heterocycles. The molecule has 304 valence electrons. The van der Waals surface area contributed by atoms with Crippen molar-refractivity contribution in [2.75, 3.05) is 19.7 Å². The van der Waals surface area contributed by atoms with Gasteiger partial charge in [0, 0.05) is 29.6 Å². The van der Waals surface area contributed by atoms with Crippen molar-refractivity contribution in [3.8, 4) is 0 Å². The lowest BCUT2D eigenvalue weighted by Crippen LogP contribution is -2.95. The molecule has 11 nitrogen and oxygen atoms in total. The number of ketones is 1. The summed E-state index contributed by atoms with van der Waals surface area (Å²) in [5.74, 6) is -1.22. The smallest absolute Gasteiger partial charge is 0.180 e. The number of nitrogens with zero attached hydrogens (tertiary/aromatic N) is 1. The van der Waals surface area contributed by atoms with Crippen LogP contribution in [0.25, 0.3) is 0 Å². The Morgan fingerprint density at radius 1 is 1.08 bits per heavy atom. The van der Waals surface area contributed by atoms with E-state index in [0.717, 1.165) is 38.6 Å². The van der Waals surface area contributed by atoms with Crippen LogP contribution in [-0.2, 0) is 9.53 Å². The van der Waals surface area contributed by atoms with Gasteiger partial charge in [-0.3, -0.25) is 15.5 Å². The number of hydrogen-bond donors (Lipinski definition) is 8. The van der Waals surface area contributed by atoms with Crippen LogP contribution >= 0.6 is 0 Å². The number of aliphatic hydroxyl groups excluding tert-OH is 4. The Bertz CT molecular complexity index is 1300. The van der Waals surface area contributed by atoms with E-state index in [4.69, 9.17) is 15.5 Å². The summed E-state index contributed by atoms with van der Waals surface area (Å²) in [6.45, 7) is 11.2. The maximum atomic E-state index is 14.9. The predicted octanol–water partition coefficient (Wildman–Crippen LogP) is 2.45. The summed E-state index contributed by atoms with van der Waals surface area (Å²) in [4.78, 5) is 19.7. The maximum absolute atomic E-state index is 14.9. The Kier molecular flexibility index (Phi) is 12.6. The molecule has 53 heavy (non-hydrogen) atoms. The number of aliphatic hydroxyl groups is 6. The van der Waals surface area contributed by atoms with Crippen LogP contribution in [0, 0.1) is 52.3 Å². The molecule has 0 aromatic rings. The van der Waals surface area contributed by atoms with Crippen LogP contribution in [0.2, 0.25) is 0 Å². The highest BCUT2D eigenvalue weighted by Crippen LogP contribution is 2.70. The number of fused-ring (bicyclic) bond motifs is 5. The van der Waals surface area contributed by atoms with Gasteiger partial charge in [0.2, 0.25) is 0 Å². The number of unbranched alkanes of at least 4 members (excludes halogenated alkanes) is 3. The highest BCUT2D eigenvalue weighted by atomic mass is 16.5. The van der Waals surface area contributed by atoms with Gasteiger partial charge in [0.1, 0.15) is 12.3 Å². The molecule has 0 amide bonds. The lowest BCUT2D eigenvalue weighted by atomic mass is 9.40. The fraction of sp³-hybridized carbons (Fsp3) is 0.952. The highest BCUT2D eigenvalue weighted by molar-refractivity contribution is 6.42. The minimum Gasteiger partial charge on any atom is -0.391 e. The molecule has 6 rings (SSSR count). The first-order chi connectivity index (χ1) is 25.0. The number of piperidine rings is 1. The number of nitrogens with two attached hydrogens (primary N) is 2. The minimum absolute atomic E-state index is 0.0243. The predicted molar refractivity (Wildman–Crippen MR) is 203 cm³/mol. The standard InChI is InChI=1S/C42H73N3O8/c1-6-7-8-9-10-27-23-53-37(25(27)3)38(50)40(5,51)32-15-18-42(52)34-28(14-16-39(32,42)4)41(17-13-26-11-12-33(43)44-22-26)20-31(48)30(47)19-29(41)36(49)35(34)45-21-24(2)46/h24-34,37-38,44,46-48,50-52H,6-23,43H2,1-5H3/p+1/t24-,25-,26?,27-,28+,29+,30+,31-,32+,33?,34-,37+,38+,39+,40+,41+,42-/m0/s1. The number of ether oxygens (including phenoxy) is 1. The summed E-state index contributed by atoms with van der Waals surface area (Å²) >= 11 is 0. The van der Waals surface area contributed by atoms with Crippen molar-refractivity contribution < 1.29 is 45.5 Å². The summed E-state index contributed by atoms with van der Waals surface area (Å²) in [5.41, 5.74) is 2.00. The molecule has 6 fully saturated rings. The molecule has 11 heteroatoms. The average molecular weight is 749 g/mol. The number of Topliss-reactive ketones (excluding diaryl/α,β-unsaturated/α-hetero) is 1. The summed E-state index contributed by atoms with van der Waals surface area (Å²) in [6, 6.07) is 0. The highest BCUT2D eigenvalue weighted by Gasteiger charge is 2.74. The van der Waals surface area contributed by atoms with Crippen LogP contribution in [0.15, 0.2) is 4.99 Å². The van der Waals surface area contributed by atoms with Crippen molar-refractivity contribution in [3.05, 3.63) is 0 Å². The molecular formula is C42H74N3O8+. The van der Waals surface area contributed by atoms with Gasteiger partial charge in [0.25, 0.3) is 0 Å². The molecule has 0 aromatic carbocycles. The Morgan fingerprint density at radius 3 is 2.51 bits per heavy atom. The molecule has 10 N–H and O–H groups in total. The third-order valence-electron chi connectivity index (χ3n) is 16.3. The van der Waals surface area contributed by atoms with Crippen molar-refractivity contribution >= 4 is 11.5 Å². The Balaban J connectivity index is 1.32. The normalized spacial score (nSPS) is 47.4. The average Bonchev–Trinajstić information content (AvgIpc) is 3.62. The van der Waals surface area contributed by atoms with E-state index >= 15 is 0 Å².